The molecule has 122 valence electrons. The topological polar surface area (TPSA) is 69.6 Å². The molecule has 0 saturated carbocycles. The number of nitrogens with zero attached hydrogens (tertiary/aromatic N) is 1. The third kappa shape index (κ3) is 5.18. The SMILES string of the molecule is CCCC1(C(=O)O)CCCN(C(=O)CNCC(F)(F)F)C1. The van der Waals surface area contributed by atoms with Crippen molar-refractivity contribution in [1.82, 2.24) is 10.2 Å². The van der Waals surface area contributed by atoms with Crippen molar-refractivity contribution in [2.45, 2.75) is 38.8 Å². The Bertz CT molecular complexity index is 383. The highest BCUT2D eigenvalue weighted by Crippen LogP contribution is 2.35. The van der Waals surface area contributed by atoms with E-state index in [1.807, 2.05) is 12.2 Å². The molecule has 0 radical (unpaired) electrons. The zero-order chi connectivity index (χ0) is 16.1. The molecule has 1 aliphatic rings. The highest BCUT2D eigenvalue weighted by molar-refractivity contribution is 5.81. The number of aliphatic carboxylic acids is 1. The molecule has 1 saturated heterocycles. The summed E-state index contributed by atoms with van der Waals surface area (Å²) in [6.07, 6.45) is -2.18. The number of rotatable bonds is 6. The number of halogens is 3. The number of alkyl halides is 3. The maximum atomic E-state index is 12.0. The van der Waals surface area contributed by atoms with Gasteiger partial charge >= 0.3 is 12.1 Å². The van der Waals surface area contributed by atoms with Crippen molar-refractivity contribution in [3.8, 4) is 0 Å². The predicted octanol–water partition coefficient (Wildman–Crippen LogP) is 1.63. The minimum Gasteiger partial charge on any atom is -0.481 e. The Labute approximate surface area is 121 Å². The largest absolute Gasteiger partial charge is 0.481 e. The minimum absolute atomic E-state index is 0.0721. The molecule has 1 fully saturated rings. The van der Waals surface area contributed by atoms with Crippen LogP contribution in [-0.4, -0.2) is 54.2 Å². The van der Waals surface area contributed by atoms with Crippen LogP contribution >= 0.6 is 0 Å². The molecule has 1 aliphatic heterocycles. The van der Waals surface area contributed by atoms with Crippen molar-refractivity contribution < 1.29 is 27.9 Å². The molecule has 8 heteroatoms. The van der Waals surface area contributed by atoms with Gasteiger partial charge in [-0.1, -0.05) is 13.3 Å². The van der Waals surface area contributed by atoms with Gasteiger partial charge in [-0.15, -0.1) is 0 Å². The fourth-order valence-corrected chi connectivity index (χ4v) is 2.73. The van der Waals surface area contributed by atoms with Gasteiger partial charge in [0.05, 0.1) is 18.5 Å². The molecule has 5 nitrogen and oxygen atoms in total. The van der Waals surface area contributed by atoms with Crippen LogP contribution in [0.4, 0.5) is 13.2 Å². The van der Waals surface area contributed by atoms with Gasteiger partial charge in [0.2, 0.25) is 5.91 Å². The van der Waals surface area contributed by atoms with E-state index < -0.39 is 36.6 Å². The Morgan fingerprint density at radius 2 is 2.05 bits per heavy atom. The first-order valence-electron chi connectivity index (χ1n) is 6.99. The summed E-state index contributed by atoms with van der Waals surface area (Å²) in [6.45, 7) is 0.678. The second kappa shape index (κ2) is 7.11. The van der Waals surface area contributed by atoms with E-state index in [0.29, 0.717) is 32.2 Å². The highest BCUT2D eigenvalue weighted by atomic mass is 19.4. The lowest BCUT2D eigenvalue weighted by molar-refractivity contribution is -0.155. The van der Waals surface area contributed by atoms with E-state index in [0.717, 1.165) is 0 Å². The normalized spacial score (nSPS) is 23.1. The maximum absolute atomic E-state index is 12.0. The summed E-state index contributed by atoms with van der Waals surface area (Å²) in [5.41, 5.74) is -0.966. The number of carbonyl (C=O) groups is 2. The van der Waals surface area contributed by atoms with Crippen molar-refractivity contribution in [3.05, 3.63) is 0 Å². The second-order valence-corrected chi connectivity index (χ2v) is 5.47. The summed E-state index contributed by atoms with van der Waals surface area (Å²) < 4.78 is 36.0. The summed E-state index contributed by atoms with van der Waals surface area (Å²) in [4.78, 5) is 24.7. The summed E-state index contributed by atoms with van der Waals surface area (Å²) in [5.74, 6) is -1.43. The van der Waals surface area contributed by atoms with Crippen LogP contribution in [0.15, 0.2) is 0 Å². The summed E-state index contributed by atoms with van der Waals surface area (Å²) in [5, 5.41) is 11.4. The van der Waals surface area contributed by atoms with Gasteiger partial charge in [-0.2, -0.15) is 13.2 Å². The smallest absolute Gasteiger partial charge is 0.401 e. The average molecular weight is 310 g/mol. The van der Waals surface area contributed by atoms with Gasteiger partial charge in [-0.05, 0) is 19.3 Å². The van der Waals surface area contributed by atoms with E-state index in [-0.39, 0.29) is 6.54 Å². The Morgan fingerprint density at radius 3 is 2.57 bits per heavy atom. The molecule has 0 spiro atoms. The fraction of sp³-hybridized carbons (Fsp3) is 0.846. The molecule has 1 unspecified atom stereocenters. The number of carboxylic acids is 1. The Kier molecular flexibility index (Phi) is 6.00. The molecule has 21 heavy (non-hydrogen) atoms. The van der Waals surface area contributed by atoms with Gasteiger partial charge in [0, 0.05) is 13.1 Å². The minimum atomic E-state index is -4.37. The fourth-order valence-electron chi connectivity index (χ4n) is 2.73. The van der Waals surface area contributed by atoms with Crippen LogP contribution in [0.5, 0.6) is 0 Å². The van der Waals surface area contributed by atoms with Crippen LogP contribution in [0.3, 0.4) is 0 Å². The summed E-state index contributed by atoms with van der Waals surface area (Å²) >= 11 is 0. The first-order chi connectivity index (χ1) is 9.70. The highest BCUT2D eigenvalue weighted by Gasteiger charge is 2.42. The van der Waals surface area contributed by atoms with Gasteiger partial charge in [0.15, 0.2) is 0 Å². The maximum Gasteiger partial charge on any atom is 0.401 e. The predicted molar refractivity (Wildman–Crippen MR) is 69.7 cm³/mol. The van der Waals surface area contributed by atoms with Crippen molar-refractivity contribution in [3.63, 3.8) is 0 Å². The van der Waals surface area contributed by atoms with Gasteiger partial charge < -0.3 is 15.3 Å². The van der Waals surface area contributed by atoms with E-state index in [9.17, 15) is 27.9 Å². The average Bonchev–Trinajstić information content (AvgIpc) is 2.37. The number of nitrogens with one attached hydrogen (secondary N) is 1. The quantitative estimate of drug-likeness (QED) is 0.782. The second-order valence-electron chi connectivity index (χ2n) is 5.47. The van der Waals surface area contributed by atoms with Crippen LogP contribution in [-0.2, 0) is 9.59 Å². The summed E-state index contributed by atoms with van der Waals surface area (Å²) in [6, 6.07) is 0. The molecule has 0 aromatic carbocycles. The van der Waals surface area contributed by atoms with Gasteiger partial charge in [-0.3, -0.25) is 9.59 Å². The van der Waals surface area contributed by atoms with Crippen molar-refractivity contribution in [1.29, 1.82) is 0 Å². The van der Waals surface area contributed by atoms with Crippen LogP contribution in [0.2, 0.25) is 0 Å². The molecular formula is C13H21F3N2O3. The number of amides is 1. The number of likely N-dealkylation sites (tertiary alicyclic amines) is 1. The lowest BCUT2D eigenvalue weighted by Crippen LogP contribution is -2.52. The van der Waals surface area contributed by atoms with Crippen LogP contribution < -0.4 is 5.32 Å². The Balaban J connectivity index is 2.58. The number of hydrogen-bond donors (Lipinski definition) is 2. The Morgan fingerprint density at radius 1 is 1.38 bits per heavy atom. The molecule has 1 amide bonds. The van der Waals surface area contributed by atoms with Crippen molar-refractivity contribution >= 4 is 11.9 Å². The first-order valence-corrected chi connectivity index (χ1v) is 6.99. The number of carboxylic acid groups (broad SMARTS) is 1. The molecule has 0 bridgehead atoms. The van der Waals surface area contributed by atoms with Crippen molar-refractivity contribution in [2.75, 3.05) is 26.2 Å². The number of piperidine rings is 1. The van der Waals surface area contributed by atoms with Crippen LogP contribution in [0.1, 0.15) is 32.6 Å². The molecule has 1 rings (SSSR count). The summed E-state index contributed by atoms with van der Waals surface area (Å²) in [7, 11) is 0. The molecule has 1 atom stereocenters. The zero-order valence-electron chi connectivity index (χ0n) is 12.0. The molecule has 0 aromatic rings. The lowest BCUT2D eigenvalue weighted by Gasteiger charge is -2.40. The molecule has 1 heterocycles. The number of carbonyl (C=O) groups excluding carboxylic acids is 1. The molecule has 0 aliphatic carbocycles. The molecular weight excluding hydrogens is 289 g/mol. The van der Waals surface area contributed by atoms with E-state index in [4.69, 9.17) is 0 Å². The first kappa shape index (κ1) is 17.7. The molecule has 0 aromatic heterocycles. The molecule has 2 N–H and O–H groups in total. The van der Waals surface area contributed by atoms with Crippen LogP contribution in [0.25, 0.3) is 0 Å². The van der Waals surface area contributed by atoms with E-state index in [1.54, 1.807) is 0 Å². The van der Waals surface area contributed by atoms with Gasteiger partial charge in [0.25, 0.3) is 0 Å². The zero-order valence-corrected chi connectivity index (χ0v) is 12.0. The standard InChI is InChI=1S/C13H21F3N2O3/c1-2-4-12(11(20)21)5-3-6-18(9-12)10(19)7-17-8-13(14,15)16/h17H,2-9H2,1H3,(H,20,21). The monoisotopic (exact) mass is 310 g/mol. The van der Waals surface area contributed by atoms with E-state index >= 15 is 0 Å². The van der Waals surface area contributed by atoms with E-state index in [2.05, 4.69) is 0 Å². The van der Waals surface area contributed by atoms with Crippen molar-refractivity contribution in [2.24, 2.45) is 5.41 Å². The third-order valence-electron chi connectivity index (χ3n) is 3.71. The lowest BCUT2D eigenvalue weighted by atomic mass is 9.76. The van der Waals surface area contributed by atoms with Gasteiger partial charge in [-0.25, -0.2) is 0 Å². The number of hydrogen-bond acceptors (Lipinski definition) is 3. The van der Waals surface area contributed by atoms with Gasteiger partial charge in [0.1, 0.15) is 0 Å². The Hall–Kier alpha value is -1.31. The van der Waals surface area contributed by atoms with Crippen LogP contribution in [0, 0.1) is 5.41 Å². The third-order valence-corrected chi connectivity index (χ3v) is 3.71. The van der Waals surface area contributed by atoms with E-state index in [1.165, 1.54) is 4.90 Å².